The maximum absolute atomic E-state index is 13.5. The van der Waals surface area contributed by atoms with Crippen molar-refractivity contribution in [3.63, 3.8) is 0 Å². The molecule has 0 spiro atoms. The van der Waals surface area contributed by atoms with E-state index in [9.17, 15) is 14.3 Å². The number of nitrogens with zero attached hydrogens (tertiary/aromatic N) is 5. The first-order valence-corrected chi connectivity index (χ1v) is 10.1. The number of carboxylic acid groups (broad SMARTS) is 1. The summed E-state index contributed by atoms with van der Waals surface area (Å²) in [6.45, 7) is 0. The summed E-state index contributed by atoms with van der Waals surface area (Å²) >= 11 is 5.88. The second-order valence-corrected chi connectivity index (χ2v) is 7.47. The molecular weight excluding hydrogens is 447 g/mol. The van der Waals surface area contributed by atoms with Crippen molar-refractivity contribution >= 4 is 40.1 Å². The number of benzene rings is 2. The van der Waals surface area contributed by atoms with Gasteiger partial charge in [-0.2, -0.15) is 10.1 Å². The molecule has 8 nitrogen and oxygen atoms in total. The van der Waals surface area contributed by atoms with Crippen molar-refractivity contribution in [2.45, 2.75) is 0 Å². The highest BCUT2D eigenvalue weighted by molar-refractivity contribution is 6.31. The number of nitrogens with one attached hydrogen (secondary N) is 1. The number of aromatic nitrogens is 5. The lowest BCUT2D eigenvalue weighted by atomic mass is 10.1. The van der Waals surface area contributed by atoms with Crippen molar-refractivity contribution in [2.24, 2.45) is 0 Å². The Morgan fingerprint density at radius 3 is 2.73 bits per heavy atom. The van der Waals surface area contributed by atoms with Crippen LogP contribution in [0.5, 0.6) is 0 Å². The summed E-state index contributed by atoms with van der Waals surface area (Å²) in [4.78, 5) is 24.5. The van der Waals surface area contributed by atoms with Gasteiger partial charge in [-0.1, -0.05) is 29.8 Å². The van der Waals surface area contributed by atoms with Gasteiger partial charge in [-0.3, -0.25) is 4.98 Å². The number of hydrogen-bond donors (Lipinski definition) is 2. The van der Waals surface area contributed by atoms with Gasteiger partial charge in [0.25, 0.3) is 0 Å². The third kappa shape index (κ3) is 3.97. The third-order valence-corrected chi connectivity index (χ3v) is 5.21. The molecule has 3 aromatic heterocycles. The molecule has 0 aliphatic rings. The predicted molar refractivity (Wildman–Crippen MR) is 122 cm³/mol. The Morgan fingerprint density at radius 2 is 1.91 bits per heavy atom. The van der Waals surface area contributed by atoms with Crippen LogP contribution in [0.4, 0.5) is 16.0 Å². The second kappa shape index (κ2) is 8.29. The molecule has 0 saturated carbocycles. The largest absolute Gasteiger partial charge is 0.478 e. The van der Waals surface area contributed by atoms with E-state index < -0.39 is 11.8 Å². The number of para-hydroxylation sites is 1. The van der Waals surface area contributed by atoms with Crippen LogP contribution >= 0.6 is 11.6 Å². The first-order valence-electron chi connectivity index (χ1n) is 9.70. The van der Waals surface area contributed by atoms with Crippen LogP contribution in [0.15, 0.2) is 73.3 Å². The lowest BCUT2D eigenvalue weighted by molar-refractivity contribution is 0.0696. The van der Waals surface area contributed by atoms with Crippen molar-refractivity contribution in [3.05, 3.63) is 89.7 Å². The highest BCUT2D eigenvalue weighted by atomic mass is 35.5. The summed E-state index contributed by atoms with van der Waals surface area (Å²) in [5, 5.41) is 17.7. The van der Waals surface area contributed by atoms with Gasteiger partial charge >= 0.3 is 5.97 Å². The summed E-state index contributed by atoms with van der Waals surface area (Å²) in [7, 11) is 0. The molecular formula is C23H14ClFN6O2. The molecule has 0 unspecified atom stereocenters. The summed E-state index contributed by atoms with van der Waals surface area (Å²) in [5.74, 6) is -1.000. The zero-order valence-corrected chi connectivity index (χ0v) is 17.5. The van der Waals surface area contributed by atoms with Gasteiger partial charge in [0.2, 0.25) is 5.95 Å². The zero-order valence-electron chi connectivity index (χ0n) is 16.8. The summed E-state index contributed by atoms with van der Waals surface area (Å²) < 4.78 is 15.2. The molecule has 10 heteroatoms. The number of aromatic carboxylic acids is 1. The van der Waals surface area contributed by atoms with Crippen molar-refractivity contribution in [3.8, 4) is 16.9 Å². The number of anilines is 2. The van der Waals surface area contributed by atoms with Crippen LogP contribution < -0.4 is 5.32 Å². The Balaban J connectivity index is 1.67. The van der Waals surface area contributed by atoms with E-state index in [2.05, 4.69) is 25.4 Å². The number of carbonyl (C=O) groups is 1. The van der Waals surface area contributed by atoms with Crippen LogP contribution in [0, 0.1) is 5.82 Å². The maximum atomic E-state index is 13.5. The standard InChI is InChI=1S/C23H14ClFN6O2/c24-18-8-16(5-6-19(18)25)29-23-27-12-17(14-7-15(22(32)33)10-26-9-14)21(30-23)31-20-4-2-1-3-13(20)11-28-31/h1-12H,(H,32,33)(H,27,29,30). The van der Waals surface area contributed by atoms with Crippen LogP contribution in [0.3, 0.4) is 0 Å². The average molecular weight is 461 g/mol. The lowest BCUT2D eigenvalue weighted by Crippen LogP contribution is -2.07. The lowest BCUT2D eigenvalue weighted by Gasteiger charge is -2.13. The van der Waals surface area contributed by atoms with E-state index in [1.54, 1.807) is 17.1 Å². The minimum absolute atomic E-state index is 0.0342. The fourth-order valence-electron chi connectivity index (χ4n) is 3.35. The number of carboxylic acids is 1. The number of rotatable bonds is 5. The van der Waals surface area contributed by atoms with Crippen LogP contribution in [0.2, 0.25) is 5.02 Å². The molecule has 2 aromatic carbocycles. The van der Waals surface area contributed by atoms with Crippen molar-refractivity contribution in [1.29, 1.82) is 0 Å². The zero-order chi connectivity index (χ0) is 22.9. The summed E-state index contributed by atoms with van der Waals surface area (Å²) in [6, 6.07) is 13.3. The van der Waals surface area contributed by atoms with E-state index in [0.717, 1.165) is 10.9 Å². The van der Waals surface area contributed by atoms with Crippen molar-refractivity contribution in [1.82, 2.24) is 24.7 Å². The molecule has 162 valence electrons. The first kappa shape index (κ1) is 20.5. The molecule has 0 atom stereocenters. The number of pyridine rings is 1. The number of halogens is 2. The second-order valence-electron chi connectivity index (χ2n) is 7.07. The van der Waals surface area contributed by atoms with Gasteiger partial charge in [-0.05, 0) is 30.3 Å². The van der Waals surface area contributed by atoms with Crippen LogP contribution in [-0.4, -0.2) is 35.8 Å². The Morgan fingerprint density at radius 1 is 1.06 bits per heavy atom. The Bertz CT molecular complexity index is 1520. The quantitative estimate of drug-likeness (QED) is 0.375. The van der Waals surface area contributed by atoms with Crippen LogP contribution in [0.25, 0.3) is 27.8 Å². The van der Waals surface area contributed by atoms with Gasteiger partial charge in [-0.25, -0.2) is 18.9 Å². The molecule has 0 bridgehead atoms. The normalized spacial score (nSPS) is 11.0. The molecule has 0 fully saturated rings. The van der Waals surface area contributed by atoms with Gasteiger partial charge < -0.3 is 10.4 Å². The van der Waals surface area contributed by atoms with E-state index in [0.29, 0.717) is 22.6 Å². The monoisotopic (exact) mass is 460 g/mol. The topological polar surface area (TPSA) is 106 Å². The first-order chi connectivity index (χ1) is 16.0. The fraction of sp³-hybridized carbons (Fsp3) is 0. The highest BCUT2D eigenvalue weighted by Gasteiger charge is 2.17. The van der Waals surface area contributed by atoms with Gasteiger partial charge in [-0.15, -0.1) is 0 Å². The molecule has 0 aliphatic carbocycles. The van der Waals surface area contributed by atoms with Gasteiger partial charge in [0.1, 0.15) is 5.82 Å². The molecule has 5 aromatic rings. The van der Waals surface area contributed by atoms with Gasteiger partial charge in [0.15, 0.2) is 5.82 Å². The molecule has 0 amide bonds. The highest BCUT2D eigenvalue weighted by Crippen LogP contribution is 2.29. The molecule has 0 radical (unpaired) electrons. The van der Waals surface area contributed by atoms with E-state index in [1.807, 2.05) is 24.3 Å². The summed E-state index contributed by atoms with van der Waals surface area (Å²) in [5.41, 5.74) is 2.38. The average Bonchev–Trinajstić information content (AvgIpc) is 3.25. The fourth-order valence-corrected chi connectivity index (χ4v) is 3.53. The predicted octanol–water partition coefficient (Wildman–Crippen LogP) is 5.11. The Kier molecular flexibility index (Phi) is 5.15. The smallest absolute Gasteiger partial charge is 0.337 e. The number of hydrogen-bond acceptors (Lipinski definition) is 6. The molecule has 0 saturated heterocycles. The number of fused-ring (bicyclic) bond motifs is 1. The molecule has 5 rings (SSSR count). The van der Waals surface area contributed by atoms with Crippen LogP contribution in [0.1, 0.15) is 10.4 Å². The molecule has 33 heavy (non-hydrogen) atoms. The Hall–Kier alpha value is -4.37. The molecule has 3 heterocycles. The van der Waals surface area contributed by atoms with Crippen LogP contribution in [-0.2, 0) is 0 Å². The van der Waals surface area contributed by atoms with E-state index in [4.69, 9.17) is 11.6 Å². The van der Waals surface area contributed by atoms with E-state index >= 15 is 0 Å². The van der Waals surface area contributed by atoms with Crippen molar-refractivity contribution in [2.75, 3.05) is 5.32 Å². The van der Waals surface area contributed by atoms with Crippen molar-refractivity contribution < 1.29 is 14.3 Å². The SMILES string of the molecule is O=C(O)c1cncc(-c2cnc(Nc3ccc(F)c(Cl)c3)nc2-n2ncc3ccccc32)c1. The third-order valence-electron chi connectivity index (χ3n) is 4.92. The van der Waals surface area contributed by atoms with Gasteiger partial charge in [0, 0.05) is 40.8 Å². The van der Waals surface area contributed by atoms with E-state index in [1.165, 1.54) is 36.7 Å². The summed E-state index contributed by atoms with van der Waals surface area (Å²) in [6.07, 6.45) is 6.06. The Labute approximate surface area is 191 Å². The maximum Gasteiger partial charge on any atom is 0.337 e. The molecule has 2 N–H and O–H groups in total. The van der Waals surface area contributed by atoms with Gasteiger partial charge in [0.05, 0.1) is 22.3 Å². The molecule has 0 aliphatic heterocycles. The minimum Gasteiger partial charge on any atom is -0.478 e. The van der Waals surface area contributed by atoms with E-state index in [-0.39, 0.29) is 16.5 Å². The minimum atomic E-state index is -1.09.